The minimum absolute atomic E-state index is 0.270. The van der Waals surface area contributed by atoms with Crippen molar-refractivity contribution in [3.05, 3.63) is 96.8 Å². The number of aliphatic imine (C=N–C) groups is 2. The number of halogens is 2. The average molecular weight is 462 g/mol. The van der Waals surface area contributed by atoms with Crippen LogP contribution >= 0.6 is 0 Å². The zero-order valence-corrected chi connectivity index (χ0v) is 18.5. The van der Waals surface area contributed by atoms with E-state index < -0.39 is 13.0 Å². The molecule has 0 fully saturated rings. The minimum atomic E-state index is -2.41. The van der Waals surface area contributed by atoms with Crippen LogP contribution in [0.3, 0.4) is 0 Å². The lowest BCUT2D eigenvalue weighted by Crippen LogP contribution is -2.12. The van der Waals surface area contributed by atoms with Gasteiger partial charge in [-0.3, -0.25) is 14.8 Å². The number of hydrogen-bond donors (Lipinski definition) is 3. The predicted octanol–water partition coefficient (Wildman–Crippen LogP) is 5.54. The quantitative estimate of drug-likeness (QED) is 0.321. The fourth-order valence-corrected chi connectivity index (χ4v) is 3.24. The summed E-state index contributed by atoms with van der Waals surface area (Å²) in [5.41, 5.74) is 5.29. The number of alkyl halides is 2. The number of carbonyl (C=O) groups is 1. The van der Waals surface area contributed by atoms with Gasteiger partial charge in [-0.25, -0.2) is 8.78 Å². The van der Waals surface area contributed by atoms with Gasteiger partial charge >= 0.3 is 0 Å². The van der Waals surface area contributed by atoms with E-state index in [4.69, 9.17) is 4.99 Å². The van der Waals surface area contributed by atoms with E-state index in [1.54, 1.807) is 36.5 Å². The molecule has 1 amide bonds. The third-order valence-electron chi connectivity index (χ3n) is 4.79. The number of nitrogens with one attached hydrogen (secondary N) is 3. The first-order valence-corrected chi connectivity index (χ1v) is 10.5. The Labute approximate surface area is 197 Å². The maximum absolute atomic E-state index is 12.3. The molecule has 0 unspecified atom stereocenters. The van der Waals surface area contributed by atoms with Crippen LogP contribution in [0.2, 0.25) is 0 Å². The van der Waals surface area contributed by atoms with Gasteiger partial charge in [0, 0.05) is 34.4 Å². The molecule has 0 bridgehead atoms. The third kappa shape index (κ3) is 6.83. The monoisotopic (exact) mass is 461 g/mol. The standard InChI is InChI=1S/C26H25F2N5O/c1-3-25(34)33-22-8-4-6-18(14-22)23-9-5-7-19(15-29-2)26(23)32-17-31-21-12-10-20(11-13-21)30-16-24(27)28/h3-15,24,30-31H,1-2,16-17H2,(H,33,34)/b19-15-,32-26+. The molecule has 2 aromatic carbocycles. The topological polar surface area (TPSA) is 77.9 Å². The van der Waals surface area contributed by atoms with Gasteiger partial charge in [0.15, 0.2) is 0 Å². The molecule has 0 spiro atoms. The second-order valence-corrected chi connectivity index (χ2v) is 7.17. The molecule has 6 nitrogen and oxygen atoms in total. The van der Waals surface area contributed by atoms with Gasteiger partial charge in [0.05, 0.1) is 12.3 Å². The molecule has 174 valence electrons. The Balaban J connectivity index is 1.78. The molecule has 8 heteroatoms. The van der Waals surface area contributed by atoms with E-state index in [2.05, 4.69) is 34.2 Å². The van der Waals surface area contributed by atoms with Crippen molar-refractivity contribution in [3.63, 3.8) is 0 Å². The van der Waals surface area contributed by atoms with Crippen molar-refractivity contribution in [1.82, 2.24) is 0 Å². The van der Waals surface area contributed by atoms with Crippen LogP contribution in [0.25, 0.3) is 5.57 Å². The van der Waals surface area contributed by atoms with Gasteiger partial charge in [0.1, 0.15) is 6.67 Å². The van der Waals surface area contributed by atoms with E-state index in [0.29, 0.717) is 17.1 Å². The summed E-state index contributed by atoms with van der Waals surface area (Å²) >= 11 is 0. The summed E-state index contributed by atoms with van der Waals surface area (Å²) in [7, 11) is 0. The van der Waals surface area contributed by atoms with Gasteiger partial charge in [-0.15, -0.1) is 0 Å². The van der Waals surface area contributed by atoms with Crippen LogP contribution in [-0.2, 0) is 4.79 Å². The first-order valence-electron chi connectivity index (χ1n) is 10.5. The maximum Gasteiger partial charge on any atom is 0.255 e. The highest BCUT2D eigenvalue weighted by molar-refractivity contribution is 6.34. The second-order valence-electron chi connectivity index (χ2n) is 7.17. The van der Waals surface area contributed by atoms with Gasteiger partial charge in [0.2, 0.25) is 5.91 Å². The molecule has 1 aliphatic rings. The van der Waals surface area contributed by atoms with Crippen LogP contribution in [-0.4, -0.2) is 38.0 Å². The van der Waals surface area contributed by atoms with Crippen molar-refractivity contribution in [2.24, 2.45) is 9.98 Å². The van der Waals surface area contributed by atoms with Crippen LogP contribution < -0.4 is 16.0 Å². The van der Waals surface area contributed by atoms with Crippen LogP contribution in [0.4, 0.5) is 25.8 Å². The third-order valence-corrected chi connectivity index (χ3v) is 4.79. The molecule has 3 N–H and O–H groups in total. The molecule has 0 aromatic heterocycles. The summed E-state index contributed by atoms with van der Waals surface area (Å²) in [6.07, 6.45) is 6.17. The molecular weight excluding hydrogens is 436 g/mol. The molecule has 0 saturated carbocycles. The molecule has 3 rings (SSSR count). The molecule has 34 heavy (non-hydrogen) atoms. The van der Waals surface area contributed by atoms with Crippen LogP contribution in [0, 0.1) is 0 Å². The molecule has 1 aliphatic carbocycles. The minimum Gasteiger partial charge on any atom is -0.379 e. The van der Waals surface area contributed by atoms with Gasteiger partial charge in [-0.2, -0.15) is 0 Å². The van der Waals surface area contributed by atoms with E-state index >= 15 is 0 Å². The Kier molecular flexibility index (Phi) is 8.62. The van der Waals surface area contributed by atoms with Crippen molar-refractivity contribution in [2.75, 3.05) is 29.2 Å². The summed E-state index contributed by atoms with van der Waals surface area (Å²) in [6, 6.07) is 14.5. The molecule has 0 saturated heterocycles. The molecular formula is C26H25F2N5O. The summed E-state index contributed by atoms with van der Waals surface area (Å²) in [6.45, 7) is 6.89. The first-order chi connectivity index (χ1) is 16.5. The van der Waals surface area contributed by atoms with Gasteiger partial charge in [-0.1, -0.05) is 36.9 Å². The van der Waals surface area contributed by atoms with E-state index in [1.807, 2.05) is 36.4 Å². The maximum atomic E-state index is 12.3. The molecule has 0 aliphatic heterocycles. The lowest BCUT2D eigenvalue weighted by atomic mass is 9.92. The molecule has 0 heterocycles. The molecule has 0 atom stereocenters. The second kappa shape index (κ2) is 12.1. The Morgan fingerprint density at radius 2 is 1.79 bits per heavy atom. The number of benzene rings is 2. The summed E-state index contributed by atoms with van der Waals surface area (Å²) in [5, 5.41) is 8.64. The van der Waals surface area contributed by atoms with Crippen molar-refractivity contribution in [3.8, 4) is 0 Å². The summed E-state index contributed by atoms with van der Waals surface area (Å²) < 4.78 is 24.7. The zero-order valence-electron chi connectivity index (χ0n) is 18.5. The van der Waals surface area contributed by atoms with Crippen LogP contribution in [0.5, 0.6) is 0 Å². The van der Waals surface area contributed by atoms with Crippen LogP contribution in [0.1, 0.15) is 5.56 Å². The zero-order chi connectivity index (χ0) is 24.3. The highest BCUT2D eigenvalue weighted by atomic mass is 19.3. The van der Waals surface area contributed by atoms with E-state index in [0.717, 1.165) is 22.4 Å². The number of hydrogen-bond acceptors (Lipinski definition) is 5. The number of carbonyl (C=O) groups excluding carboxylic acids is 1. The molecule has 2 aromatic rings. The lowest BCUT2D eigenvalue weighted by molar-refractivity contribution is -0.111. The van der Waals surface area contributed by atoms with Crippen molar-refractivity contribution < 1.29 is 13.6 Å². The van der Waals surface area contributed by atoms with Gasteiger partial charge < -0.3 is 16.0 Å². The Hall–Kier alpha value is -4.33. The van der Waals surface area contributed by atoms with E-state index in [-0.39, 0.29) is 12.6 Å². The molecule has 0 radical (unpaired) electrons. The number of rotatable bonds is 10. The predicted molar refractivity (Wildman–Crippen MR) is 137 cm³/mol. The van der Waals surface area contributed by atoms with Crippen molar-refractivity contribution in [2.45, 2.75) is 6.43 Å². The number of allylic oxidation sites excluding steroid dienone is 5. The van der Waals surface area contributed by atoms with Crippen molar-refractivity contribution in [1.29, 1.82) is 0 Å². The van der Waals surface area contributed by atoms with E-state index in [9.17, 15) is 13.6 Å². The first kappa shape index (κ1) is 24.3. The normalized spacial score (nSPS) is 15.2. The SMILES string of the molecule is C=CC(=O)Nc1cccc(C2=CC=CC(=C/N=C)/C2=N\CNc2ccc(NCC(F)F)cc2)c1. The smallest absolute Gasteiger partial charge is 0.255 e. The van der Waals surface area contributed by atoms with E-state index in [1.165, 1.54) is 6.08 Å². The number of anilines is 3. The highest BCUT2D eigenvalue weighted by Crippen LogP contribution is 2.27. The van der Waals surface area contributed by atoms with Gasteiger partial charge in [0.25, 0.3) is 6.43 Å². The summed E-state index contributed by atoms with van der Waals surface area (Å²) in [4.78, 5) is 20.3. The van der Waals surface area contributed by atoms with Crippen LogP contribution in [0.15, 0.2) is 101 Å². The average Bonchev–Trinajstić information content (AvgIpc) is 2.84. The fraction of sp³-hybridized carbons (Fsp3) is 0.115. The number of amides is 1. The highest BCUT2D eigenvalue weighted by Gasteiger charge is 2.16. The number of nitrogens with zero attached hydrogens (tertiary/aromatic N) is 2. The Morgan fingerprint density at radius 3 is 2.47 bits per heavy atom. The Bertz CT molecular complexity index is 1160. The Morgan fingerprint density at radius 1 is 1.06 bits per heavy atom. The lowest BCUT2D eigenvalue weighted by Gasteiger charge is -2.17. The summed E-state index contributed by atoms with van der Waals surface area (Å²) in [5.74, 6) is -0.292. The van der Waals surface area contributed by atoms with Gasteiger partial charge in [-0.05, 0) is 54.8 Å². The largest absolute Gasteiger partial charge is 0.379 e. The fourth-order valence-electron chi connectivity index (χ4n) is 3.24. The van der Waals surface area contributed by atoms with Crippen molar-refractivity contribution >= 4 is 41.0 Å².